The summed E-state index contributed by atoms with van der Waals surface area (Å²) in [5.41, 5.74) is 4.42. The Balaban J connectivity index is 1.33. The van der Waals surface area contributed by atoms with Crippen LogP contribution in [-0.2, 0) is 4.79 Å². The maximum atomic E-state index is 12.0. The number of hydrogen-bond acceptors (Lipinski definition) is 4. The monoisotopic (exact) mass is 430 g/mol. The zero-order chi connectivity index (χ0) is 22.3. The first-order valence-electron chi connectivity index (χ1n) is 12.2. The third kappa shape index (κ3) is 2.61. The van der Waals surface area contributed by atoms with E-state index in [9.17, 15) is 4.79 Å². The Labute approximate surface area is 191 Å². The highest BCUT2D eigenvalue weighted by molar-refractivity contribution is 6.01. The molecule has 4 heteroatoms. The molecule has 0 N–H and O–H groups in total. The molecule has 168 valence electrons. The van der Waals surface area contributed by atoms with Crippen molar-refractivity contribution in [1.82, 2.24) is 5.01 Å². The molecule has 1 heterocycles. The van der Waals surface area contributed by atoms with Gasteiger partial charge < -0.3 is 4.74 Å². The van der Waals surface area contributed by atoms with E-state index in [1.54, 1.807) is 7.11 Å². The summed E-state index contributed by atoms with van der Waals surface area (Å²) in [6, 6.07) is 8.90. The van der Waals surface area contributed by atoms with Gasteiger partial charge in [0.25, 0.3) is 0 Å². The first-order chi connectivity index (χ1) is 15.3. The summed E-state index contributed by atoms with van der Waals surface area (Å²) in [5, 5.41) is 7.42. The molecule has 4 nitrogen and oxygen atoms in total. The van der Waals surface area contributed by atoms with Crippen LogP contribution in [0.25, 0.3) is 0 Å². The van der Waals surface area contributed by atoms with E-state index in [-0.39, 0.29) is 16.6 Å². The van der Waals surface area contributed by atoms with E-state index in [1.165, 1.54) is 42.5 Å². The molecular formula is C28H34N2O2. The highest BCUT2D eigenvalue weighted by atomic mass is 16.5. The Morgan fingerprint density at radius 1 is 1.12 bits per heavy atom. The van der Waals surface area contributed by atoms with Crippen LogP contribution < -0.4 is 4.74 Å². The second-order valence-electron chi connectivity index (χ2n) is 11.2. The van der Waals surface area contributed by atoms with E-state index < -0.39 is 0 Å². The quantitative estimate of drug-likeness (QED) is 0.616. The second kappa shape index (κ2) is 6.82. The summed E-state index contributed by atoms with van der Waals surface area (Å²) < 4.78 is 5.38. The molecule has 0 amide bonds. The lowest BCUT2D eigenvalue weighted by atomic mass is 9.48. The Hall–Kier alpha value is -2.36. The minimum Gasteiger partial charge on any atom is -0.497 e. The fraction of sp³-hybridized carbons (Fsp3) is 0.571. The number of rotatable bonds is 2. The fourth-order valence-corrected chi connectivity index (χ4v) is 8.29. The number of benzene rings is 1. The lowest BCUT2D eigenvalue weighted by Gasteiger charge is -2.56. The molecule has 3 fully saturated rings. The molecule has 0 bridgehead atoms. The molecule has 0 aromatic heterocycles. The Morgan fingerprint density at radius 3 is 2.66 bits per heavy atom. The van der Waals surface area contributed by atoms with E-state index in [0.717, 1.165) is 12.2 Å². The maximum Gasteiger partial charge on any atom is 0.178 e. The van der Waals surface area contributed by atoms with Crippen LogP contribution >= 0.6 is 0 Å². The number of ketones is 1. The van der Waals surface area contributed by atoms with Crippen LogP contribution in [0, 0.1) is 34.5 Å². The maximum absolute atomic E-state index is 12.0. The summed E-state index contributed by atoms with van der Waals surface area (Å²) in [4.78, 5) is 12.0. The summed E-state index contributed by atoms with van der Waals surface area (Å²) in [6.07, 6.45) is 12.0. The molecule has 5 aliphatic rings. The summed E-state index contributed by atoms with van der Waals surface area (Å²) in [5.74, 6) is 3.61. The molecule has 1 aromatic rings. The van der Waals surface area contributed by atoms with Gasteiger partial charge in [-0.15, -0.1) is 0 Å². The van der Waals surface area contributed by atoms with E-state index in [1.807, 2.05) is 12.2 Å². The van der Waals surface area contributed by atoms with Gasteiger partial charge >= 0.3 is 0 Å². The topological polar surface area (TPSA) is 41.9 Å². The number of hydrazone groups is 1. The van der Waals surface area contributed by atoms with Gasteiger partial charge in [-0.1, -0.05) is 37.6 Å². The second-order valence-corrected chi connectivity index (χ2v) is 11.2. The minimum atomic E-state index is 0.0594. The van der Waals surface area contributed by atoms with E-state index in [2.05, 4.69) is 56.2 Å². The Kier molecular flexibility index (Phi) is 4.32. The smallest absolute Gasteiger partial charge is 0.178 e. The number of allylic oxidation sites excluding steroid dienone is 4. The van der Waals surface area contributed by atoms with Gasteiger partial charge in [-0.3, -0.25) is 9.80 Å². The minimum absolute atomic E-state index is 0.0594. The predicted molar refractivity (Wildman–Crippen MR) is 126 cm³/mol. The van der Waals surface area contributed by atoms with Gasteiger partial charge in [0.15, 0.2) is 5.78 Å². The van der Waals surface area contributed by atoms with Gasteiger partial charge in [0.2, 0.25) is 0 Å². The van der Waals surface area contributed by atoms with Crippen molar-refractivity contribution < 1.29 is 9.53 Å². The van der Waals surface area contributed by atoms with Crippen molar-refractivity contribution in [1.29, 1.82) is 0 Å². The lowest BCUT2D eigenvalue weighted by molar-refractivity contribution is -0.111. The SMILES string of the molecule is COc1ccc([C@@H]2[C@H]3C[C@H]4[C@@H]5CCC6=CC(=O)C=C[C@]6(C)[C@H]5CC[C@]4(C)C3=NN2C)cc1. The average Bonchev–Trinajstić information content (AvgIpc) is 3.26. The largest absolute Gasteiger partial charge is 0.497 e. The number of nitrogens with zero attached hydrogens (tertiary/aromatic N) is 2. The summed E-state index contributed by atoms with van der Waals surface area (Å²) in [6.45, 7) is 4.90. The molecule has 32 heavy (non-hydrogen) atoms. The predicted octanol–water partition coefficient (Wildman–Crippen LogP) is 5.57. The molecule has 3 saturated carbocycles. The van der Waals surface area contributed by atoms with Crippen LogP contribution in [0.2, 0.25) is 0 Å². The molecule has 4 aliphatic carbocycles. The number of fused-ring (bicyclic) bond motifs is 7. The van der Waals surface area contributed by atoms with Gasteiger partial charge in [0.05, 0.1) is 13.2 Å². The van der Waals surface area contributed by atoms with Crippen LogP contribution in [0.3, 0.4) is 0 Å². The molecule has 0 radical (unpaired) electrons. The molecular weight excluding hydrogens is 396 g/mol. The molecule has 0 saturated heterocycles. The Morgan fingerprint density at radius 2 is 1.91 bits per heavy atom. The highest BCUT2D eigenvalue weighted by Crippen LogP contribution is 2.66. The highest BCUT2D eigenvalue weighted by Gasteiger charge is 2.62. The third-order valence-corrected chi connectivity index (χ3v) is 9.90. The van der Waals surface area contributed by atoms with Crippen molar-refractivity contribution in [2.24, 2.45) is 39.6 Å². The van der Waals surface area contributed by atoms with Crippen molar-refractivity contribution in [2.45, 2.75) is 52.0 Å². The number of carbonyl (C=O) groups is 1. The number of hydrogen-bond donors (Lipinski definition) is 0. The molecule has 1 aromatic carbocycles. The van der Waals surface area contributed by atoms with Gasteiger partial charge in [-0.05, 0) is 79.7 Å². The van der Waals surface area contributed by atoms with Crippen molar-refractivity contribution in [3.63, 3.8) is 0 Å². The van der Waals surface area contributed by atoms with Crippen LogP contribution in [0.4, 0.5) is 0 Å². The van der Waals surface area contributed by atoms with E-state index >= 15 is 0 Å². The van der Waals surface area contributed by atoms with E-state index in [0.29, 0.717) is 29.7 Å². The number of carbonyl (C=O) groups excluding carboxylic acids is 1. The van der Waals surface area contributed by atoms with Crippen LogP contribution in [0.5, 0.6) is 5.75 Å². The number of ether oxygens (including phenoxy) is 1. The van der Waals surface area contributed by atoms with Crippen LogP contribution in [0.15, 0.2) is 53.2 Å². The molecule has 7 atom stereocenters. The van der Waals surface area contributed by atoms with Crippen molar-refractivity contribution >= 4 is 11.5 Å². The third-order valence-electron chi connectivity index (χ3n) is 9.90. The first-order valence-corrected chi connectivity index (χ1v) is 12.2. The lowest BCUT2D eigenvalue weighted by Crippen LogP contribution is -2.49. The van der Waals surface area contributed by atoms with E-state index in [4.69, 9.17) is 9.84 Å². The summed E-state index contributed by atoms with van der Waals surface area (Å²) >= 11 is 0. The first kappa shape index (κ1) is 20.3. The van der Waals surface area contributed by atoms with Crippen molar-refractivity contribution in [3.05, 3.63) is 53.6 Å². The normalized spacial score (nSPS) is 41.9. The standard InChI is InChI=1S/C28H34N2O2/c1-27-13-11-19(31)15-18(27)7-10-21-23(27)12-14-28(2)24(21)16-22-25(30(3)29-26(22)28)17-5-8-20(32-4)9-6-17/h5-6,8-9,11,13,15,21-25H,7,10,12,14,16H2,1-4H3/t21-,22-,23+,24+,25-,27+,28+/m1/s1. The van der Waals surface area contributed by atoms with Crippen LogP contribution in [0.1, 0.15) is 57.6 Å². The van der Waals surface area contributed by atoms with Crippen LogP contribution in [-0.4, -0.2) is 30.7 Å². The molecule has 0 unspecified atom stereocenters. The number of methoxy groups -OCH3 is 1. The van der Waals surface area contributed by atoms with Gasteiger partial charge in [-0.25, -0.2) is 0 Å². The fourth-order valence-electron chi connectivity index (χ4n) is 8.29. The molecule has 6 rings (SSSR count). The Bertz CT molecular complexity index is 1050. The summed E-state index contributed by atoms with van der Waals surface area (Å²) in [7, 11) is 3.87. The average molecular weight is 431 g/mol. The van der Waals surface area contributed by atoms with Crippen molar-refractivity contribution in [3.8, 4) is 5.75 Å². The molecule has 1 aliphatic heterocycles. The molecule has 0 spiro atoms. The van der Waals surface area contributed by atoms with Gasteiger partial charge in [-0.2, -0.15) is 5.10 Å². The van der Waals surface area contributed by atoms with Gasteiger partial charge in [0.1, 0.15) is 5.75 Å². The van der Waals surface area contributed by atoms with Crippen molar-refractivity contribution in [2.75, 3.05) is 14.2 Å². The zero-order valence-electron chi connectivity index (χ0n) is 19.7. The zero-order valence-corrected chi connectivity index (χ0v) is 19.7. The van der Waals surface area contributed by atoms with Gasteiger partial charge in [0, 0.05) is 29.5 Å².